The summed E-state index contributed by atoms with van der Waals surface area (Å²) in [5.74, 6) is 0. The van der Waals surface area contributed by atoms with E-state index in [0.717, 1.165) is 19.3 Å². The first kappa shape index (κ1) is 12.6. The Morgan fingerprint density at radius 2 is 1.94 bits per heavy atom. The first-order chi connectivity index (χ1) is 7.93. The van der Waals surface area contributed by atoms with Crippen molar-refractivity contribution in [3.05, 3.63) is 0 Å². The molecule has 2 rings (SSSR count). The van der Waals surface area contributed by atoms with E-state index in [1.54, 1.807) is 0 Å². The van der Waals surface area contributed by atoms with Crippen molar-refractivity contribution >= 4 is 16.3 Å². The monoisotopic (exact) mass is 264 g/mol. The third-order valence-corrected chi connectivity index (χ3v) is 5.23. The molecule has 0 radical (unpaired) electrons. The van der Waals surface area contributed by atoms with Crippen LogP contribution in [0.1, 0.15) is 38.5 Å². The molecule has 1 atom stereocenters. The van der Waals surface area contributed by atoms with Gasteiger partial charge < -0.3 is 9.47 Å². The molecule has 2 aliphatic rings. The van der Waals surface area contributed by atoms with Crippen LogP contribution < -0.4 is 0 Å². The molecule has 0 aromatic carbocycles. The number of hydrogen-bond donors (Lipinski definition) is 1. The maximum atomic E-state index is 11.6. The van der Waals surface area contributed by atoms with Crippen LogP contribution in [0.2, 0.25) is 0 Å². The van der Waals surface area contributed by atoms with E-state index in [0.29, 0.717) is 12.8 Å². The average Bonchev–Trinajstić information content (AvgIpc) is 2.64. The van der Waals surface area contributed by atoms with Crippen LogP contribution >= 0.6 is 0 Å². The normalized spacial score (nSPS) is 28.5. The van der Waals surface area contributed by atoms with E-state index >= 15 is 0 Å². The van der Waals surface area contributed by atoms with Crippen LogP contribution in [-0.4, -0.2) is 36.6 Å². The number of hydrogen-bond acceptors (Lipinski definition) is 5. The highest BCUT2D eigenvalue weighted by molar-refractivity contribution is 7.87. The minimum atomic E-state index is -4.14. The molecule has 1 heterocycles. The molecule has 7 heteroatoms. The zero-order chi connectivity index (χ0) is 12.5. The van der Waals surface area contributed by atoms with Crippen molar-refractivity contribution in [1.82, 2.24) is 0 Å². The third kappa shape index (κ3) is 2.55. The Labute approximate surface area is 100 Å². The molecule has 0 amide bonds. The van der Waals surface area contributed by atoms with Crippen LogP contribution in [0.15, 0.2) is 0 Å². The van der Waals surface area contributed by atoms with Gasteiger partial charge in [-0.2, -0.15) is 8.42 Å². The molecule has 6 nitrogen and oxygen atoms in total. The fourth-order valence-electron chi connectivity index (χ4n) is 2.64. The number of rotatable bonds is 3. The molecule has 0 bridgehead atoms. The van der Waals surface area contributed by atoms with Gasteiger partial charge in [0, 0.05) is 6.42 Å². The highest BCUT2D eigenvalue weighted by Gasteiger charge is 2.47. The number of carbonyl (C=O) groups excluding carboxylic acids is 1. The van der Waals surface area contributed by atoms with Crippen molar-refractivity contribution in [2.75, 3.05) is 6.61 Å². The largest absolute Gasteiger partial charge is 0.508 e. The molecular weight excluding hydrogens is 248 g/mol. The first-order valence-electron chi connectivity index (χ1n) is 5.73. The smallest absolute Gasteiger partial charge is 0.430 e. The van der Waals surface area contributed by atoms with Crippen LogP contribution in [0.3, 0.4) is 0 Å². The Hall–Kier alpha value is -0.820. The molecule has 1 aliphatic carbocycles. The lowest BCUT2D eigenvalue weighted by molar-refractivity contribution is 0.109. The second-order valence-corrected chi connectivity index (χ2v) is 6.54. The van der Waals surface area contributed by atoms with Gasteiger partial charge in [-0.05, 0) is 12.8 Å². The summed E-state index contributed by atoms with van der Waals surface area (Å²) in [6, 6.07) is 0. The van der Waals surface area contributed by atoms with Gasteiger partial charge in [-0.25, -0.2) is 4.79 Å². The summed E-state index contributed by atoms with van der Waals surface area (Å²) >= 11 is 0. The lowest BCUT2D eigenvalue weighted by Gasteiger charge is -2.35. The molecule has 1 saturated heterocycles. The first-order valence-corrected chi connectivity index (χ1v) is 7.17. The molecule has 17 heavy (non-hydrogen) atoms. The van der Waals surface area contributed by atoms with Gasteiger partial charge >= 0.3 is 6.16 Å². The standard InChI is InChI=1S/C10H16O6S/c11-9-15-7-8(16-9)6-10(17(12,13)14)4-2-1-3-5-10/h8H,1-7H2,(H,12,13,14). The summed E-state index contributed by atoms with van der Waals surface area (Å²) < 4.78 is 40.8. The summed E-state index contributed by atoms with van der Waals surface area (Å²) in [6.45, 7) is 0.0656. The van der Waals surface area contributed by atoms with Crippen LogP contribution in [-0.2, 0) is 19.6 Å². The summed E-state index contributed by atoms with van der Waals surface area (Å²) in [7, 11) is -4.14. The predicted octanol–water partition coefficient (Wildman–Crippen LogP) is 1.50. The van der Waals surface area contributed by atoms with Gasteiger partial charge in [-0.3, -0.25) is 4.55 Å². The van der Waals surface area contributed by atoms with Crippen molar-refractivity contribution in [3.63, 3.8) is 0 Å². The van der Waals surface area contributed by atoms with Crippen LogP contribution in [0, 0.1) is 0 Å². The van der Waals surface area contributed by atoms with Gasteiger partial charge in [0.1, 0.15) is 17.5 Å². The SMILES string of the molecule is O=C1OCC(CC2(S(=O)(=O)O)CCCCC2)O1. The Kier molecular flexibility index (Phi) is 3.31. The van der Waals surface area contributed by atoms with Gasteiger partial charge in [0.15, 0.2) is 0 Å². The Bertz CT molecular complexity index is 395. The van der Waals surface area contributed by atoms with Crippen molar-refractivity contribution < 1.29 is 27.2 Å². The van der Waals surface area contributed by atoms with E-state index in [4.69, 9.17) is 4.74 Å². The van der Waals surface area contributed by atoms with E-state index in [9.17, 15) is 17.8 Å². The third-order valence-electron chi connectivity index (χ3n) is 3.56. The summed E-state index contributed by atoms with van der Waals surface area (Å²) in [4.78, 5) is 10.8. The highest BCUT2D eigenvalue weighted by Crippen LogP contribution is 2.39. The summed E-state index contributed by atoms with van der Waals surface area (Å²) in [5.41, 5.74) is 0. The zero-order valence-corrected chi connectivity index (χ0v) is 10.2. The Balaban J connectivity index is 2.13. The van der Waals surface area contributed by atoms with Crippen molar-refractivity contribution in [3.8, 4) is 0 Å². The Morgan fingerprint density at radius 3 is 2.41 bits per heavy atom. The molecule has 0 aromatic rings. The molecule has 0 aromatic heterocycles. The molecule has 1 N–H and O–H groups in total. The van der Waals surface area contributed by atoms with E-state index in [1.165, 1.54) is 0 Å². The predicted molar refractivity (Wildman–Crippen MR) is 58.2 cm³/mol. The fourth-order valence-corrected chi connectivity index (χ4v) is 3.85. The minimum absolute atomic E-state index is 0.0656. The molecule has 98 valence electrons. The number of ether oxygens (including phenoxy) is 2. The van der Waals surface area contributed by atoms with E-state index in [1.807, 2.05) is 0 Å². The minimum Gasteiger partial charge on any atom is -0.430 e. The number of cyclic esters (lactones) is 2. The fraction of sp³-hybridized carbons (Fsp3) is 0.900. The molecule has 1 aliphatic heterocycles. The van der Waals surface area contributed by atoms with Gasteiger partial charge in [0.25, 0.3) is 10.1 Å². The topological polar surface area (TPSA) is 89.9 Å². The van der Waals surface area contributed by atoms with E-state index in [-0.39, 0.29) is 13.0 Å². The van der Waals surface area contributed by atoms with Gasteiger partial charge in [-0.1, -0.05) is 19.3 Å². The van der Waals surface area contributed by atoms with E-state index < -0.39 is 27.1 Å². The van der Waals surface area contributed by atoms with E-state index in [2.05, 4.69) is 4.74 Å². The van der Waals surface area contributed by atoms with Gasteiger partial charge in [0.05, 0.1) is 0 Å². The van der Waals surface area contributed by atoms with Crippen LogP contribution in [0.5, 0.6) is 0 Å². The van der Waals surface area contributed by atoms with Crippen molar-refractivity contribution in [2.45, 2.75) is 49.4 Å². The molecular formula is C10H16O6S. The molecule has 0 spiro atoms. The number of carbonyl (C=O) groups is 1. The maximum Gasteiger partial charge on any atom is 0.508 e. The van der Waals surface area contributed by atoms with Crippen LogP contribution in [0.25, 0.3) is 0 Å². The Morgan fingerprint density at radius 1 is 1.29 bits per heavy atom. The maximum absolute atomic E-state index is 11.6. The van der Waals surface area contributed by atoms with Gasteiger partial charge in [-0.15, -0.1) is 0 Å². The molecule has 2 fully saturated rings. The van der Waals surface area contributed by atoms with Crippen molar-refractivity contribution in [2.24, 2.45) is 0 Å². The van der Waals surface area contributed by atoms with Crippen LogP contribution in [0.4, 0.5) is 4.79 Å². The van der Waals surface area contributed by atoms with Gasteiger partial charge in [0.2, 0.25) is 0 Å². The molecule has 1 saturated carbocycles. The lowest BCUT2D eigenvalue weighted by atomic mass is 9.84. The second-order valence-electron chi connectivity index (χ2n) is 4.72. The lowest BCUT2D eigenvalue weighted by Crippen LogP contribution is -2.43. The quantitative estimate of drug-likeness (QED) is 0.613. The molecule has 1 unspecified atom stereocenters. The van der Waals surface area contributed by atoms with Crippen molar-refractivity contribution in [1.29, 1.82) is 0 Å². The summed E-state index contributed by atoms with van der Waals surface area (Å²) in [6.07, 6.45) is 2.12. The second kappa shape index (κ2) is 4.45. The average molecular weight is 264 g/mol. The summed E-state index contributed by atoms with van der Waals surface area (Å²) in [5, 5.41) is 0. The highest BCUT2D eigenvalue weighted by atomic mass is 32.2. The zero-order valence-electron chi connectivity index (χ0n) is 9.42.